The number of fused-ring (bicyclic) bond motifs is 3. The predicted molar refractivity (Wildman–Crippen MR) is 66.8 cm³/mol. The number of aromatic nitrogens is 4. The van der Waals surface area contributed by atoms with Crippen molar-refractivity contribution in [3.8, 4) is 11.5 Å². The second-order valence-corrected chi connectivity index (χ2v) is 4.15. The van der Waals surface area contributed by atoms with Crippen LogP contribution >= 0.6 is 0 Å². The molecule has 1 aromatic carbocycles. The van der Waals surface area contributed by atoms with Gasteiger partial charge in [-0.05, 0) is 12.1 Å². The second kappa shape index (κ2) is 3.61. The lowest BCUT2D eigenvalue weighted by atomic mass is 10.2. The number of benzene rings is 1. The van der Waals surface area contributed by atoms with E-state index in [0.29, 0.717) is 17.0 Å². The molecule has 0 atom stereocenters. The fourth-order valence-electron chi connectivity index (χ4n) is 2.09. The molecule has 19 heavy (non-hydrogen) atoms. The lowest BCUT2D eigenvalue weighted by molar-refractivity contribution is 0.422. The number of hydrogen-bond acceptors (Lipinski definition) is 4. The standard InChI is InChI=1S/C13H7FN4O/c14-7-1-2-8-10(5-7)15-6-11-12(8)17-13(16-11)9-3-4-19-18-9/h1-6H,(H,16,17). The van der Waals surface area contributed by atoms with Crippen LogP contribution in [0.3, 0.4) is 0 Å². The third-order valence-corrected chi connectivity index (χ3v) is 2.96. The lowest BCUT2D eigenvalue weighted by Gasteiger charge is -1.97. The van der Waals surface area contributed by atoms with Crippen LogP contribution in [0.15, 0.2) is 41.2 Å². The molecule has 0 unspecified atom stereocenters. The highest BCUT2D eigenvalue weighted by Crippen LogP contribution is 2.25. The van der Waals surface area contributed by atoms with Crippen molar-refractivity contribution in [3.05, 3.63) is 42.5 Å². The molecule has 92 valence electrons. The SMILES string of the molecule is Fc1ccc2c(c1)ncc1[nH]c(-c3ccon3)nc12. The Morgan fingerprint density at radius 3 is 3.00 bits per heavy atom. The van der Waals surface area contributed by atoms with Crippen LogP contribution in [0.4, 0.5) is 4.39 Å². The zero-order valence-corrected chi connectivity index (χ0v) is 9.59. The van der Waals surface area contributed by atoms with E-state index in [1.165, 1.54) is 18.4 Å². The van der Waals surface area contributed by atoms with Gasteiger partial charge in [-0.2, -0.15) is 0 Å². The normalized spacial score (nSPS) is 11.4. The molecule has 0 saturated heterocycles. The number of halogens is 1. The fraction of sp³-hybridized carbons (Fsp3) is 0. The maximum Gasteiger partial charge on any atom is 0.160 e. The monoisotopic (exact) mass is 254 g/mol. The first kappa shape index (κ1) is 10.2. The summed E-state index contributed by atoms with van der Waals surface area (Å²) in [7, 11) is 0. The van der Waals surface area contributed by atoms with Crippen LogP contribution in [0.25, 0.3) is 33.5 Å². The van der Waals surface area contributed by atoms with E-state index >= 15 is 0 Å². The fourth-order valence-corrected chi connectivity index (χ4v) is 2.09. The highest BCUT2D eigenvalue weighted by Gasteiger charge is 2.11. The van der Waals surface area contributed by atoms with Crippen LogP contribution < -0.4 is 0 Å². The van der Waals surface area contributed by atoms with E-state index < -0.39 is 0 Å². The van der Waals surface area contributed by atoms with Crippen molar-refractivity contribution in [1.29, 1.82) is 0 Å². The average molecular weight is 254 g/mol. The van der Waals surface area contributed by atoms with Gasteiger partial charge in [-0.1, -0.05) is 5.16 Å². The Balaban J connectivity index is 2.05. The molecule has 0 amide bonds. The smallest absolute Gasteiger partial charge is 0.160 e. The van der Waals surface area contributed by atoms with Gasteiger partial charge in [-0.25, -0.2) is 9.37 Å². The minimum Gasteiger partial charge on any atom is -0.364 e. The van der Waals surface area contributed by atoms with E-state index in [1.54, 1.807) is 18.3 Å². The Morgan fingerprint density at radius 2 is 2.16 bits per heavy atom. The lowest BCUT2D eigenvalue weighted by Crippen LogP contribution is -1.82. The van der Waals surface area contributed by atoms with Gasteiger partial charge in [0, 0.05) is 17.5 Å². The van der Waals surface area contributed by atoms with Gasteiger partial charge < -0.3 is 9.51 Å². The molecular weight excluding hydrogens is 247 g/mol. The molecule has 0 spiro atoms. The van der Waals surface area contributed by atoms with Crippen molar-refractivity contribution in [2.45, 2.75) is 0 Å². The van der Waals surface area contributed by atoms with E-state index in [9.17, 15) is 4.39 Å². The maximum absolute atomic E-state index is 13.2. The molecule has 0 fully saturated rings. The number of nitrogens with one attached hydrogen (secondary N) is 1. The summed E-state index contributed by atoms with van der Waals surface area (Å²) >= 11 is 0. The van der Waals surface area contributed by atoms with E-state index in [4.69, 9.17) is 4.52 Å². The summed E-state index contributed by atoms with van der Waals surface area (Å²) < 4.78 is 18.0. The van der Waals surface area contributed by atoms with Gasteiger partial charge in [0.2, 0.25) is 0 Å². The molecule has 4 aromatic rings. The van der Waals surface area contributed by atoms with Gasteiger partial charge in [-0.3, -0.25) is 4.98 Å². The van der Waals surface area contributed by atoms with Gasteiger partial charge in [0.15, 0.2) is 5.82 Å². The van der Waals surface area contributed by atoms with Crippen molar-refractivity contribution in [2.24, 2.45) is 0 Å². The Labute approximate surface area is 106 Å². The third-order valence-electron chi connectivity index (χ3n) is 2.96. The van der Waals surface area contributed by atoms with Crippen molar-refractivity contribution in [1.82, 2.24) is 20.1 Å². The molecule has 0 radical (unpaired) electrons. The summed E-state index contributed by atoms with van der Waals surface area (Å²) in [6.45, 7) is 0. The molecule has 0 saturated carbocycles. The molecule has 3 aromatic heterocycles. The van der Waals surface area contributed by atoms with E-state index in [1.807, 2.05) is 0 Å². The second-order valence-electron chi connectivity index (χ2n) is 4.15. The van der Waals surface area contributed by atoms with Gasteiger partial charge in [0.1, 0.15) is 23.3 Å². The molecule has 0 aliphatic heterocycles. The number of rotatable bonds is 1. The Morgan fingerprint density at radius 1 is 1.21 bits per heavy atom. The van der Waals surface area contributed by atoms with Crippen LogP contribution in [0.2, 0.25) is 0 Å². The summed E-state index contributed by atoms with van der Waals surface area (Å²) in [5, 5.41) is 4.62. The van der Waals surface area contributed by atoms with Crippen molar-refractivity contribution < 1.29 is 8.91 Å². The van der Waals surface area contributed by atoms with E-state index in [2.05, 4.69) is 20.1 Å². The Bertz CT molecular complexity index is 882. The maximum atomic E-state index is 13.2. The molecular formula is C13H7FN4O. The van der Waals surface area contributed by atoms with Crippen molar-refractivity contribution in [3.63, 3.8) is 0 Å². The van der Waals surface area contributed by atoms with Gasteiger partial charge in [-0.15, -0.1) is 0 Å². The molecule has 0 aliphatic carbocycles. The first-order valence-electron chi connectivity index (χ1n) is 5.66. The van der Waals surface area contributed by atoms with E-state index in [-0.39, 0.29) is 5.82 Å². The van der Waals surface area contributed by atoms with Gasteiger partial charge >= 0.3 is 0 Å². The summed E-state index contributed by atoms with van der Waals surface area (Å²) in [5.74, 6) is 0.286. The zero-order valence-electron chi connectivity index (χ0n) is 9.59. The van der Waals surface area contributed by atoms with Crippen LogP contribution in [0.5, 0.6) is 0 Å². The molecule has 1 N–H and O–H groups in total. The van der Waals surface area contributed by atoms with Crippen molar-refractivity contribution in [2.75, 3.05) is 0 Å². The zero-order chi connectivity index (χ0) is 12.8. The number of aromatic amines is 1. The highest BCUT2D eigenvalue weighted by atomic mass is 19.1. The third kappa shape index (κ3) is 1.50. The first-order chi connectivity index (χ1) is 9.31. The summed E-state index contributed by atoms with van der Waals surface area (Å²) in [5.41, 5.74) is 2.71. The Hall–Kier alpha value is -2.76. The van der Waals surface area contributed by atoms with Crippen LogP contribution in [-0.4, -0.2) is 20.1 Å². The molecule has 4 rings (SSSR count). The number of imidazole rings is 1. The minimum atomic E-state index is -0.313. The van der Waals surface area contributed by atoms with E-state index in [0.717, 1.165) is 16.4 Å². The average Bonchev–Trinajstić information content (AvgIpc) is 3.06. The van der Waals surface area contributed by atoms with Gasteiger partial charge in [0.25, 0.3) is 0 Å². The quantitative estimate of drug-likeness (QED) is 0.567. The molecule has 5 nitrogen and oxygen atoms in total. The number of nitrogens with zero attached hydrogens (tertiary/aromatic N) is 3. The summed E-state index contributed by atoms with van der Waals surface area (Å²) in [4.78, 5) is 11.8. The number of hydrogen-bond donors (Lipinski definition) is 1. The molecule has 3 heterocycles. The topological polar surface area (TPSA) is 67.6 Å². The molecule has 0 aliphatic rings. The van der Waals surface area contributed by atoms with Gasteiger partial charge in [0.05, 0.1) is 17.2 Å². The highest BCUT2D eigenvalue weighted by molar-refractivity contribution is 6.02. The summed E-state index contributed by atoms with van der Waals surface area (Å²) in [6, 6.07) is 6.17. The largest absolute Gasteiger partial charge is 0.364 e. The van der Waals surface area contributed by atoms with Crippen LogP contribution in [0.1, 0.15) is 0 Å². The first-order valence-corrected chi connectivity index (χ1v) is 5.66. The number of H-pyrrole nitrogens is 1. The molecule has 6 heteroatoms. The van der Waals surface area contributed by atoms with Crippen LogP contribution in [-0.2, 0) is 0 Å². The molecule has 0 bridgehead atoms. The minimum absolute atomic E-state index is 0.313. The van der Waals surface area contributed by atoms with Crippen molar-refractivity contribution >= 4 is 21.9 Å². The Kier molecular flexibility index (Phi) is 1.94. The predicted octanol–water partition coefficient (Wildman–Crippen LogP) is 2.91. The summed E-state index contributed by atoms with van der Waals surface area (Å²) in [6.07, 6.45) is 3.11. The van der Waals surface area contributed by atoms with Crippen LogP contribution in [0, 0.1) is 5.82 Å². The number of pyridine rings is 1.